The molecule has 3 aromatic rings. The van der Waals surface area contributed by atoms with Crippen LogP contribution in [0.3, 0.4) is 0 Å². The number of thioether (sulfide) groups is 1. The van der Waals surface area contributed by atoms with E-state index in [0.717, 1.165) is 31.4 Å². The Morgan fingerprint density at radius 3 is 2.75 bits per heavy atom. The average molecular weight is 451 g/mol. The first-order valence-electron chi connectivity index (χ1n) is 11.0. The zero-order valence-electron chi connectivity index (χ0n) is 18.0. The Morgan fingerprint density at radius 1 is 1.19 bits per heavy atom. The lowest BCUT2D eigenvalue weighted by atomic mass is 9.97. The number of rotatable bonds is 6. The molecule has 1 fully saturated rings. The second kappa shape index (κ2) is 9.24. The van der Waals surface area contributed by atoms with Crippen molar-refractivity contribution in [2.45, 2.75) is 62.1 Å². The Bertz CT molecular complexity index is 1100. The second-order valence-electron chi connectivity index (χ2n) is 8.18. The fourth-order valence-electron chi connectivity index (χ4n) is 4.29. The number of nitrogens with one attached hydrogen (secondary N) is 1. The van der Waals surface area contributed by atoms with Gasteiger partial charge in [-0.3, -0.25) is 0 Å². The van der Waals surface area contributed by atoms with Crippen molar-refractivity contribution in [1.82, 2.24) is 14.8 Å². The minimum atomic E-state index is -0.518. The van der Waals surface area contributed by atoms with Crippen LogP contribution in [0.25, 0.3) is 0 Å². The van der Waals surface area contributed by atoms with Crippen molar-refractivity contribution in [2.75, 3.05) is 5.32 Å². The maximum atomic E-state index is 13.3. The van der Waals surface area contributed by atoms with E-state index in [1.54, 1.807) is 22.7 Å². The molecule has 1 aliphatic carbocycles. The van der Waals surface area contributed by atoms with Crippen LogP contribution in [0.2, 0.25) is 0 Å². The van der Waals surface area contributed by atoms with Crippen LogP contribution in [-0.2, 0) is 15.3 Å². The SMILES string of the molecule is CC1=C(C(=O)OC2CCCCC2)C(c2ccco2)n2nc(SCc3ccccc3)nc2N1. The Hall–Kier alpha value is -3.00. The Labute approximate surface area is 191 Å². The van der Waals surface area contributed by atoms with Gasteiger partial charge in [0.1, 0.15) is 17.9 Å². The van der Waals surface area contributed by atoms with Crippen LogP contribution in [0.1, 0.15) is 56.4 Å². The van der Waals surface area contributed by atoms with E-state index in [9.17, 15) is 4.79 Å². The van der Waals surface area contributed by atoms with E-state index < -0.39 is 6.04 Å². The van der Waals surface area contributed by atoms with Crippen LogP contribution in [0, 0.1) is 0 Å². The highest BCUT2D eigenvalue weighted by atomic mass is 32.2. The molecule has 2 aliphatic rings. The minimum absolute atomic E-state index is 0.0251. The summed E-state index contributed by atoms with van der Waals surface area (Å²) in [6, 6.07) is 13.4. The number of esters is 1. The number of nitrogens with zero attached hydrogens (tertiary/aromatic N) is 3. The monoisotopic (exact) mass is 450 g/mol. The summed E-state index contributed by atoms with van der Waals surface area (Å²) < 4.78 is 13.4. The lowest BCUT2D eigenvalue weighted by Crippen LogP contribution is -2.31. The van der Waals surface area contributed by atoms with Crippen molar-refractivity contribution in [3.05, 3.63) is 71.3 Å². The van der Waals surface area contributed by atoms with E-state index in [4.69, 9.17) is 14.3 Å². The highest BCUT2D eigenvalue weighted by molar-refractivity contribution is 7.98. The van der Waals surface area contributed by atoms with Crippen LogP contribution in [0.15, 0.2) is 69.6 Å². The van der Waals surface area contributed by atoms with Crippen LogP contribution >= 0.6 is 11.8 Å². The molecule has 8 heteroatoms. The molecule has 1 atom stereocenters. The number of hydrogen-bond donors (Lipinski definition) is 1. The first-order chi connectivity index (χ1) is 15.7. The molecule has 1 N–H and O–H groups in total. The number of carbonyl (C=O) groups excluding carboxylic acids is 1. The standard InChI is InChI=1S/C24H26N4O3S/c1-16-20(22(29)31-18-11-6-3-7-12-18)21(19-13-8-14-30-19)28-23(25-16)26-24(27-28)32-15-17-9-4-2-5-10-17/h2,4-5,8-10,13-14,18,21H,3,6-7,11-12,15H2,1H3,(H,25,26,27). The zero-order chi connectivity index (χ0) is 21.9. The van der Waals surface area contributed by atoms with Crippen LogP contribution < -0.4 is 5.32 Å². The molecule has 1 aliphatic heterocycles. The van der Waals surface area contributed by atoms with Crippen LogP contribution in [0.5, 0.6) is 0 Å². The number of hydrogen-bond acceptors (Lipinski definition) is 7. The number of aromatic nitrogens is 3. The summed E-state index contributed by atoms with van der Waals surface area (Å²) in [4.78, 5) is 17.9. The molecular weight excluding hydrogens is 424 g/mol. The predicted octanol–water partition coefficient (Wildman–Crippen LogP) is 5.33. The maximum absolute atomic E-state index is 13.3. The van der Waals surface area contributed by atoms with Gasteiger partial charge in [-0.2, -0.15) is 4.98 Å². The van der Waals surface area contributed by atoms with E-state index in [0.29, 0.717) is 28.1 Å². The third-order valence-electron chi connectivity index (χ3n) is 5.90. The summed E-state index contributed by atoms with van der Waals surface area (Å²) in [5, 5.41) is 8.61. The van der Waals surface area contributed by atoms with E-state index in [2.05, 4.69) is 22.4 Å². The van der Waals surface area contributed by atoms with Gasteiger partial charge in [-0.15, -0.1) is 5.10 Å². The second-order valence-corrected chi connectivity index (χ2v) is 9.13. The van der Waals surface area contributed by atoms with Gasteiger partial charge in [0.25, 0.3) is 0 Å². The number of furan rings is 1. The molecule has 1 aromatic carbocycles. The van der Waals surface area contributed by atoms with E-state index in [-0.39, 0.29) is 12.1 Å². The molecule has 0 spiro atoms. The van der Waals surface area contributed by atoms with Gasteiger partial charge in [0.15, 0.2) is 0 Å². The maximum Gasteiger partial charge on any atom is 0.338 e. The number of fused-ring (bicyclic) bond motifs is 1. The van der Waals surface area contributed by atoms with E-state index in [1.165, 1.54) is 12.0 Å². The fraction of sp³-hybridized carbons (Fsp3) is 0.375. The Balaban J connectivity index is 1.42. The topological polar surface area (TPSA) is 82.2 Å². The van der Waals surface area contributed by atoms with Gasteiger partial charge < -0.3 is 14.5 Å². The largest absolute Gasteiger partial charge is 0.467 e. The summed E-state index contributed by atoms with van der Waals surface area (Å²) in [6.07, 6.45) is 6.84. The van der Waals surface area contributed by atoms with E-state index in [1.807, 2.05) is 37.3 Å². The molecular formula is C24H26N4O3S. The molecule has 5 rings (SSSR count). The molecule has 0 radical (unpaired) electrons. The van der Waals surface area contributed by atoms with Gasteiger partial charge in [-0.25, -0.2) is 9.48 Å². The van der Waals surface area contributed by atoms with E-state index >= 15 is 0 Å². The highest BCUT2D eigenvalue weighted by Gasteiger charge is 2.37. The molecule has 0 amide bonds. The van der Waals surface area contributed by atoms with Crippen molar-refractivity contribution < 1.29 is 13.9 Å². The lowest BCUT2D eigenvalue weighted by Gasteiger charge is -2.28. The quantitative estimate of drug-likeness (QED) is 0.401. The normalized spacial score (nSPS) is 18.8. The summed E-state index contributed by atoms with van der Waals surface area (Å²) >= 11 is 1.56. The number of carbonyl (C=O) groups is 1. The van der Waals surface area contributed by atoms with Crippen molar-refractivity contribution in [3.8, 4) is 0 Å². The third-order valence-corrected chi connectivity index (χ3v) is 6.81. The molecule has 1 saturated carbocycles. The van der Waals surface area contributed by atoms with Crippen molar-refractivity contribution in [3.63, 3.8) is 0 Å². The van der Waals surface area contributed by atoms with Crippen molar-refractivity contribution in [1.29, 1.82) is 0 Å². The molecule has 7 nitrogen and oxygen atoms in total. The molecule has 1 unspecified atom stereocenters. The van der Waals surface area contributed by atoms with Crippen molar-refractivity contribution >= 4 is 23.7 Å². The Kier molecular flexibility index (Phi) is 6.03. The van der Waals surface area contributed by atoms with Crippen LogP contribution in [-0.4, -0.2) is 26.8 Å². The van der Waals surface area contributed by atoms with Crippen molar-refractivity contribution in [2.24, 2.45) is 0 Å². The number of anilines is 1. The summed E-state index contributed by atoms with van der Waals surface area (Å²) in [7, 11) is 0. The zero-order valence-corrected chi connectivity index (χ0v) is 18.8. The van der Waals surface area contributed by atoms with Gasteiger partial charge in [-0.05, 0) is 50.3 Å². The first kappa shape index (κ1) is 20.9. The average Bonchev–Trinajstić information content (AvgIpc) is 3.48. The molecule has 166 valence electrons. The number of benzene rings is 1. The number of ether oxygens (including phenoxy) is 1. The molecule has 2 aromatic heterocycles. The fourth-order valence-corrected chi connectivity index (χ4v) is 5.07. The summed E-state index contributed by atoms with van der Waals surface area (Å²) in [5.74, 6) is 1.67. The smallest absolute Gasteiger partial charge is 0.338 e. The van der Waals surface area contributed by atoms with Gasteiger partial charge in [0.2, 0.25) is 11.1 Å². The number of allylic oxidation sites excluding steroid dienone is 1. The van der Waals surface area contributed by atoms with Gasteiger partial charge in [-0.1, -0.05) is 48.5 Å². The first-order valence-corrected chi connectivity index (χ1v) is 12.0. The lowest BCUT2D eigenvalue weighted by molar-refractivity contribution is -0.146. The minimum Gasteiger partial charge on any atom is -0.467 e. The molecule has 3 heterocycles. The van der Waals surface area contributed by atoms with Gasteiger partial charge in [0, 0.05) is 11.4 Å². The van der Waals surface area contributed by atoms with Gasteiger partial charge >= 0.3 is 5.97 Å². The molecule has 0 saturated heterocycles. The van der Waals surface area contributed by atoms with Gasteiger partial charge in [0.05, 0.1) is 11.8 Å². The molecule has 0 bridgehead atoms. The summed E-state index contributed by atoms with van der Waals surface area (Å²) in [5.41, 5.74) is 2.43. The Morgan fingerprint density at radius 2 is 2.00 bits per heavy atom. The predicted molar refractivity (Wildman–Crippen MR) is 122 cm³/mol. The third kappa shape index (κ3) is 4.32. The van der Waals surface area contributed by atoms with Crippen LogP contribution in [0.4, 0.5) is 5.95 Å². The molecule has 32 heavy (non-hydrogen) atoms. The summed E-state index contributed by atoms with van der Waals surface area (Å²) in [6.45, 7) is 1.88. The highest BCUT2D eigenvalue weighted by Crippen LogP contribution is 2.37.